The van der Waals surface area contributed by atoms with E-state index in [-0.39, 0.29) is 16.9 Å². The molecule has 0 aliphatic heterocycles. The van der Waals surface area contributed by atoms with Gasteiger partial charge >= 0.3 is 12.1 Å². The van der Waals surface area contributed by atoms with E-state index in [1.165, 1.54) is 28.2 Å². The Labute approximate surface area is 162 Å². The second-order valence-corrected chi connectivity index (χ2v) is 5.96. The van der Waals surface area contributed by atoms with E-state index in [9.17, 15) is 22.8 Å². The zero-order chi connectivity index (χ0) is 21.2. The van der Waals surface area contributed by atoms with E-state index in [0.717, 1.165) is 18.2 Å². The Morgan fingerprint density at radius 2 is 2.00 bits per heavy atom. The van der Waals surface area contributed by atoms with Crippen LogP contribution in [0.15, 0.2) is 37.1 Å². The molecule has 0 bridgehead atoms. The topological polar surface area (TPSA) is 104 Å². The van der Waals surface area contributed by atoms with E-state index in [1.807, 2.05) is 0 Å². The molecular weight excluding hydrogens is 393 g/mol. The molecule has 0 radical (unpaired) electrons. The summed E-state index contributed by atoms with van der Waals surface area (Å²) in [6.45, 7) is 0.955. The van der Waals surface area contributed by atoms with Gasteiger partial charge in [-0.15, -0.1) is 0 Å². The molecule has 9 nitrogen and oxygen atoms in total. The Bertz CT molecular complexity index is 1040. The van der Waals surface area contributed by atoms with Crippen molar-refractivity contribution < 1.29 is 27.5 Å². The monoisotopic (exact) mass is 408 g/mol. The number of anilines is 1. The van der Waals surface area contributed by atoms with Crippen LogP contribution in [0.1, 0.15) is 21.6 Å². The predicted molar refractivity (Wildman–Crippen MR) is 93.2 cm³/mol. The molecule has 0 aliphatic rings. The highest BCUT2D eigenvalue weighted by Crippen LogP contribution is 2.33. The summed E-state index contributed by atoms with van der Waals surface area (Å²) in [6.07, 6.45) is -0.847. The first-order valence-corrected chi connectivity index (χ1v) is 8.18. The van der Waals surface area contributed by atoms with Gasteiger partial charge in [-0.2, -0.15) is 23.4 Å². The molecule has 12 heteroatoms. The van der Waals surface area contributed by atoms with Gasteiger partial charge in [0.25, 0.3) is 5.91 Å². The Balaban J connectivity index is 1.76. The lowest BCUT2D eigenvalue weighted by Gasteiger charge is -2.14. The van der Waals surface area contributed by atoms with Crippen LogP contribution in [0.25, 0.3) is 5.69 Å². The molecule has 3 rings (SSSR count). The first kappa shape index (κ1) is 20.0. The number of rotatable bonds is 5. The molecular formula is C17H15F3N6O3. The summed E-state index contributed by atoms with van der Waals surface area (Å²) in [4.78, 5) is 28.0. The maximum Gasteiger partial charge on any atom is 0.416 e. The Kier molecular flexibility index (Phi) is 5.35. The molecule has 152 valence electrons. The second kappa shape index (κ2) is 7.73. The van der Waals surface area contributed by atoms with Crippen LogP contribution < -0.4 is 5.32 Å². The van der Waals surface area contributed by atoms with Crippen molar-refractivity contribution in [2.24, 2.45) is 7.05 Å². The van der Waals surface area contributed by atoms with Crippen molar-refractivity contribution in [1.29, 1.82) is 0 Å². The summed E-state index contributed by atoms with van der Waals surface area (Å²) in [7, 11) is 1.64. The van der Waals surface area contributed by atoms with Gasteiger partial charge in [0.2, 0.25) is 0 Å². The van der Waals surface area contributed by atoms with Crippen molar-refractivity contribution in [3.63, 3.8) is 0 Å². The van der Waals surface area contributed by atoms with Crippen LogP contribution in [0.3, 0.4) is 0 Å². The number of hydrogen-bond donors (Lipinski definition) is 1. The number of aryl methyl sites for hydroxylation is 1. The molecule has 0 fully saturated rings. The number of ether oxygens (including phenoxy) is 1. The fourth-order valence-corrected chi connectivity index (χ4v) is 2.44. The van der Waals surface area contributed by atoms with Gasteiger partial charge in [-0.3, -0.25) is 9.48 Å². The number of hydrogen-bond acceptors (Lipinski definition) is 6. The molecule has 0 saturated carbocycles. The second-order valence-electron chi connectivity index (χ2n) is 5.96. The number of halogens is 3. The molecule has 1 aromatic carbocycles. The van der Waals surface area contributed by atoms with Crippen LogP contribution >= 0.6 is 0 Å². The van der Waals surface area contributed by atoms with Crippen molar-refractivity contribution in [3.8, 4) is 5.69 Å². The average Bonchev–Trinajstić information content (AvgIpc) is 3.30. The third kappa shape index (κ3) is 4.42. The summed E-state index contributed by atoms with van der Waals surface area (Å²) in [5, 5.41) is 10.1. The highest BCUT2D eigenvalue weighted by molar-refractivity contribution is 5.97. The lowest BCUT2D eigenvalue weighted by molar-refractivity contribution is -0.137. The average molecular weight is 408 g/mol. The molecule has 2 aromatic heterocycles. The number of nitrogens with one attached hydrogen (secondary N) is 1. The third-order valence-corrected chi connectivity index (χ3v) is 4.05. The van der Waals surface area contributed by atoms with Crippen LogP contribution in [0.4, 0.5) is 18.9 Å². The van der Waals surface area contributed by atoms with Crippen LogP contribution in [0.2, 0.25) is 0 Å². The van der Waals surface area contributed by atoms with Gasteiger partial charge in [0.1, 0.15) is 18.2 Å². The van der Waals surface area contributed by atoms with Crippen molar-refractivity contribution in [1.82, 2.24) is 24.5 Å². The lowest BCUT2D eigenvalue weighted by atomic mass is 10.1. The number of aromatic nitrogens is 5. The predicted octanol–water partition coefficient (Wildman–Crippen LogP) is 2.12. The number of carbonyl (C=O) groups is 2. The van der Waals surface area contributed by atoms with E-state index in [0.29, 0.717) is 5.69 Å². The van der Waals surface area contributed by atoms with Gasteiger partial charge in [0.05, 0.1) is 23.1 Å². The Morgan fingerprint density at radius 3 is 2.59 bits per heavy atom. The van der Waals surface area contributed by atoms with Gasteiger partial charge in [-0.25, -0.2) is 14.5 Å². The fraction of sp³-hybridized carbons (Fsp3) is 0.235. The maximum atomic E-state index is 13.0. The number of nitrogens with zero attached hydrogens (tertiary/aromatic N) is 5. The van der Waals surface area contributed by atoms with Crippen LogP contribution in [0, 0.1) is 6.92 Å². The van der Waals surface area contributed by atoms with Gasteiger partial charge in [-0.1, -0.05) is 0 Å². The third-order valence-electron chi connectivity index (χ3n) is 4.05. The van der Waals surface area contributed by atoms with Gasteiger partial charge < -0.3 is 10.1 Å². The number of amides is 1. The molecule has 0 spiro atoms. The first-order valence-electron chi connectivity index (χ1n) is 8.18. The van der Waals surface area contributed by atoms with Crippen LogP contribution in [0.5, 0.6) is 0 Å². The lowest BCUT2D eigenvalue weighted by Crippen LogP contribution is -2.22. The molecule has 0 unspecified atom stereocenters. The van der Waals surface area contributed by atoms with E-state index < -0.39 is 30.2 Å². The van der Waals surface area contributed by atoms with Crippen molar-refractivity contribution in [2.45, 2.75) is 13.1 Å². The molecule has 3 aromatic rings. The van der Waals surface area contributed by atoms with Gasteiger partial charge in [0, 0.05) is 12.7 Å². The minimum absolute atomic E-state index is 0.163. The van der Waals surface area contributed by atoms with Crippen LogP contribution in [-0.2, 0) is 22.8 Å². The molecule has 2 heterocycles. The van der Waals surface area contributed by atoms with E-state index in [4.69, 9.17) is 4.74 Å². The largest absolute Gasteiger partial charge is 0.452 e. The molecule has 0 aliphatic carbocycles. The van der Waals surface area contributed by atoms with Crippen molar-refractivity contribution >= 4 is 17.6 Å². The Morgan fingerprint density at radius 1 is 1.24 bits per heavy atom. The molecule has 1 amide bonds. The maximum absolute atomic E-state index is 13.0. The van der Waals surface area contributed by atoms with E-state index in [2.05, 4.69) is 20.5 Å². The minimum atomic E-state index is -4.61. The Hall–Kier alpha value is -3.70. The quantitative estimate of drug-likeness (QED) is 0.649. The van der Waals surface area contributed by atoms with Crippen LogP contribution in [-0.4, -0.2) is 43.0 Å². The molecule has 1 N–H and O–H groups in total. The summed E-state index contributed by atoms with van der Waals surface area (Å²) >= 11 is 0. The number of benzene rings is 1. The smallest absolute Gasteiger partial charge is 0.416 e. The van der Waals surface area contributed by atoms with Crippen molar-refractivity contribution in [2.75, 3.05) is 11.9 Å². The van der Waals surface area contributed by atoms with Gasteiger partial charge in [-0.05, 0) is 25.1 Å². The zero-order valence-electron chi connectivity index (χ0n) is 15.3. The summed E-state index contributed by atoms with van der Waals surface area (Å²) in [5.41, 5.74) is -0.230. The molecule has 0 saturated heterocycles. The zero-order valence-corrected chi connectivity index (χ0v) is 15.3. The standard InChI is InChI=1S/C17H15F3N6O3/c1-10-12(6-22-25(10)2)16(28)29-7-15(27)24-13-5-11(17(18,19)20)3-4-14(13)26-9-21-8-23-26/h3-6,8-9H,7H2,1-2H3,(H,24,27). The van der Waals surface area contributed by atoms with Gasteiger partial charge in [0.15, 0.2) is 6.61 Å². The molecule has 0 atom stereocenters. The fourth-order valence-electron chi connectivity index (χ4n) is 2.44. The number of alkyl halides is 3. The van der Waals surface area contributed by atoms with E-state index in [1.54, 1.807) is 14.0 Å². The molecule has 29 heavy (non-hydrogen) atoms. The highest BCUT2D eigenvalue weighted by Gasteiger charge is 2.31. The normalized spacial score (nSPS) is 11.3. The number of carbonyl (C=O) groups excluding carboxylic acids is 2. The number of esters is 1. The van der Waals surface area contributed by atoms with E-state index >= 15 is 0 Å². The van der Waals surface area contributed by atoms with Crippen molar-refractivity contribution in [3.05, 3.63) is 53.9 Å². The summed E-state index contributed by atoms with van der Waals surface area (Å²) in [6, 6.07) is 2.78. The minimum Gasteiger partial charge on any atom is -0.452 e. The summed E-state index contributed by atoms with van der Waals surface area (Å²) in [5.74, 6) is -1.59. The highest BCUT2D eigenvalue weighted by atomic mass is 19.4. The SMILES string of the molecule is Cc1c(C(=O)OCC(=O)Nc2cc(C(F)(F)F)ccc2-n2cncn2)cnn1C. The summed E-state index contributed by atoms with van der Waals surface area (Å²) < 4.78 is 46.7. The first-order chi connectivity index (χ1) is 13.7.